The van der Waals surface area contributed by atoms with Gasteiger partial charge in [0.15, 0.2) is 0 Å². The number of nitrogens with one attached hydrogen (secondary N) is 3. The molecule has 4 heterocycles. The van der Waals surface area contributed by atoms with Crippen molar-refractivity contribution in [2.24, 2.45) is 12.8 Å². The molecule has 4 aromatic rings. The van der Waals surface area contributed by atoms with Crippen molar-refractivity contribution in [3.8, 4) is 11.4 Å². The highest BCUT2D eigenvalue weighted by atomic mass is 32.2. The lowest BCUT2D eigenvalue weighted by molar-refractivity contribution is -0.157. The number of hydrogen-bond acceptors (Lipinski definition) is 14. The maximum Gasteiger partial charge on any atom is 0.352 e. The number of benzene rings is 2. The van der Waals surface area contributed by atoms with E-state index in [2.05, 4.69) is 36.1 Å². The van der Waals surface area contributed by atoms with Crippen LogP contribution in [0.3, 0.4) is 0 Å². The van der Waals surface area contributed by atoms with Gasteiger partial charge in [0, 0.05) is 55.9 Å². The molecule has 290 valence electrons. The highest BCUT2D eigenvalue weighted by molar-refractivity contribution is 8.01. The molecule has 2 unspecified atom stereocenters. The summed E-state index contributed by atoms with van der Waals surface area (Å²) < 4.78 is 1.42. The van der Waals surface area contributed by atoms with Gasteiger partial charge < -0.3 is 26.5 Å². The number of carboxylic acid groups (broad SMARTS) is 1. The summed E-state index contributed by atoms with van der Waals surface area (Å²) >= 11 is 2.34. The van der Waals surface area contributed by atoms with Crippen LogP contribution in [0.5, 0.6) is 0 Å². The number of rotatable bonds is 14. The molecule has 2 aromatic carbocycles. The average Bonchev–Trinajstić information content (AvgIpc) is 3.60. The summed E-state index contributed by atoms with van der Waals surface area (Å²) in [4.78, 5) is 100. The highest BCUT2D eigenvalue weighted by Gasteiger charge is 2.59. The highest BCUT2D eigenvalue weighted by Crippen LogP contribution is 2.44. The number of fused-ring (bicyclic) bond motifs is 1. The number of thioether (sulfide) groups is 2. The fourth-order valence-electron chi connectivity index (χ4n) is 5.96. The number of hydrogen-bond donors (Lipinski definition) is 5. The number of aromatic nitrogens is 6. The summed E-state index contributed by atoms with van der Waals surface area (Å²) in [5.41, 5.74) is 6.28. The largest absolute Gasteiger partial charge is 0.477 e. The monoisotopic (exact) mass is 801 g/mol. The molecule has 2 aromatic heterocycles. The van der Waals surface area contributed by atoms with Gasteiger partial charge in [0.05, 0.1) is 0 Å². The molecule has 1 fully saturated rings. The second-order valence-electron chi connectivity index (χ2n) is 12.6. The predicted octanol–water partition coefficient (Wildman–Crippen LogP) is 0.899. The van der Waals surface area contributed by atoms with Gasteiger partial charge >= 0.3 is 5.97 Å². The number of amides is 5. The lowest BCUT2D eigenvalue weighted by atomic mass is 9.98. The van der Waals surface area contributed by atoms with Crippen LogP contribution in [0.15, 0.2) is 82.0 Å². The first kappa shape index (κ1) is 39.5. The molecule has 2 aliphatic heterocycles. The molecule has 19 nitrogen and oxygen atoms in total. The van der Waals surface area contributed by atoms with E-state index < -0.39 is 52.3 Å². The van der Waals surface area contributed by atoms with Gasteiger partial charge in [0.1, 0.15) is 34.5 Å². The maximum absolute atomic E-state index is 14.3. The van der Waals surface area contributed by atoms with Gasteiger partial charge in [-0.25, -0.2) is 14.5 Å². The van der Waals surface area contributed by atoms with E-state index in [-0.39, 0.29) is 41.3 Å². The smallest absolute Gasteiger partial charge is 0.352 e. The van der Waals surface area contributed by atoms with Crippen molar-refractivity contribution in [2.45, 2.75) is 42.4 Å². The number of β-lactam (4-membered cyclic amide) rings is 1. The number of tetrazole rings is 1. The van der Waals surface area contributed by atoms with Crippen LogP contribution in [0.25, 0.3) is 11.4 Å². The third kappa shape index (κ3) is 8.38. The Bertz CT molecular complexity index is 2280. The third-order valence-electron chi connectivity index (χ3n) is 8.76. The molecule has 0 spiro atoms. The van der Waals surface area contributed by atoms with E-state index in [4.69, 9.17) is 5.73 Å². The van der Waals surface area contributed by atoms with E-state index in [1.807, 2.05) is 0 Å². The van der Waals surface area contributed by atoms with Crippen LogP contribution >= 0.6 is 23.5 Å². The second-order valence-corrected chi connectivity index (χ2v) is 14.6. The molecule has 0 radical (unpaired) electrons. The topological polar surface area (TPSA) is 269 Å². The third-order valence-corrected chi connectivity index (χ3v) is 11.2. The van der Waals surface area contributed by atoms with E-state index >= 15 is 0 Å². The molecule has 21 heteroatoms. The van der Waals surface area contributed by atoms with Crippen molar-refractivity contribution in [1.82, 2.24) is 45.3 Å². The molecular weight excluding hydrogens is 767 g/mol. The van der Waals surface area contributed by atoms with E-state index in [0.717, 1.165) is 22.9 Å². The van der Waals surface area contributed by atoms with E-state index in [1.165, 1.54) is 23.4 Å². The zero-order valence-corrected chi connectivity index (χ0v) is 31.5. The Kier molecular flexibility index (Phi) is 12.1. The summed E-state index contributed by atoms with van der Waals surface area (Å²) in [6.07, 6.45) is 1.63. The first-order chi connectivity index (χ1) is 26.8. The minimum Gasteiger partial charge on any atom is -0.477 e. The Balaban J connectivity index is 1.24. The summed E-state index contributed by atoms with van der Waals surface area (Å²) in [7, 11) is 1.63. The zero-order valence-electron chi connectivity index (χ0n) is 29.9. The lowest BCUT2D eigenvalue weighted by Crippen LogP contribution is -2.73. The molecular formula is C35H35N11O8S2. The number of carbonyl (C=O) groups is 6. The van der Waals surface area contributed by atoms with Gasteiger partial charge in [-0.1, -0.05) is 42.1 Å². The second kappa shape index (κ2) is 17.1. The Labute approximate surface area is 326 Å². The van der Waals surface area contributed by atoms with Crippen LogP contribution in [0, 0.1) is 0 Å². The minimum atomic E-state index is -1.49. The van der Waals surface area contributed by atoms with Gasteiger partial charge in [0.25, 0.3) is 23.3 Å². The minimum absolute atomic E-state index is 0.0751. The Morgan fingerprint density at radius 1 is 1.11 bits per heavy atom. The maximum atomic E-state index is 14.3. The van der Waals surface area contributed by atoms with E-state index in [9.17, 15) is 38.7 Å². The average molecular weight is 802 g/mol. The number of aromatic amines is 1. The zero-order chi connectivity index (χ0) is 40.1. The van der Waals surface area contributed by atoms with Gasteiger partial charge in [-0.05, 0) is 52.2 Å². The van der Waals surface area contributed by atoms with Gasteiger partial charge in [-0.15, -0.1) is 16.9 Å². The molecule has 6 rings (SSSR count). The molecule has 6 N–H and O–H groups in total. The molecule has 1 saturated heterocycles. The van der Waals surface area contributed by atoms with Crippen molar-refractivity contribution in [3.05, 3.63) is 93.5 Å². The lowest BCUT2D eigenvalue weighted by Gasteiger charge is -2.52. The molecule has 3 atom stereocenters. The number of nitrogens with zero attached hydrogens (tertiary/aromatic N) is 7. The number of carbonyl (C=O) groups excluding carboxylic acids is 5. The van der Waals surface area contributed by atoms with Crippen molar-refractivity contribution < 1.29 is 33.9 Å². The van der Waals surface area contributed by atoms with Crippen molar-refractivity contribution >= 4 is 64.7 Å². The number of aryl methyl sites for hydroxylation is 1. The van der Waals surface area contributed by atoms with Crippen LogP contribution in [-0.4, -0.2) is 110 Å². The van der Waals surface area contributed by atoms with Crippen LogP contribution in [0.4, 0.5) is 5.69 Å². The predicted molar refractivity (Wildman–Crippen MR) is 202 cm³/mol. The van der Waals surface area contributed by atoms with Crippen molar-refractivity contribution in [2.75, 3.05) is 23.4 Å². The fourth-order valence-corrected chi connectivity index (χ4v) is 8.34. The Hall–Kier alpha value is -6.19. The molecule has 5 amide bonds. The molecule has 0 aliphatic carbocycles. The van der Waals surface area contributed by atoms with Gasteiger partial charge in [-0.3, -0.25) is 38.6 Å². The van der Waals surface area contributed by atoms with Gasteiger partial charge in [-0.2, -0.15) is 0 Å². The van der Waals surface area contributed by atoms with Crippen LogP contribution < -0.4 is 21.9 Å². The summed E-state index contributed by atoms with van der Waals surface area (Å²) in [6.45, 7) is 1.76. The van der Waals surface area contributed by atoms with Crippen molar-refractivity contribution in [1.29, 1.82) is 0 Å². The molecule has 0 saturated carbocycles. The summed E-state index contributed by atoms with van der Waals surface area (Å²) in [6, 6.07) is 11.6. The van der Waals surface area contributed by atoms with Crippen molar-refractivity contribution in [3.63, 3.8) is 0 Å². The number of carboxylic acids is 1. The number of aliphatic carboxylic acids is 1. The van der Waals surface area contributed by atoms with Crippen LogP contribution in [-0.2, 0) is 31.0 Å². The first-order valence-corrected chi connectivity index (χ1v) is 19.1. The fraction of sp³-hybridized carbons (Fsp3) is 0.286. The molecule has 2 aliphatic rings. The summed E-state index contributed by atoms with van der Waals surface area (Å²) in [5, 5.41) is 26.3. The Morgan fingerprint density at radius 2 is 1.84 bits per heavy atom. The SMILES string of the molecule is CC(=O)NCCCC(=O)Nc1ccc(-c2ncc(C(=O)N(C(=O)C(N)c3ccccc3)C3C(=O)N4C(C(=O)O)=C(CSc5nnnn5C)CS[C@@H]34)c(=O)[nH]2)cc1. The van der Waals surface area contributed by atoms with Crippen LogP contribution in [0.2, 0.25) is 0 Å². The quantitative estimate of drug-likeness (QED) is 0.0674. The Morgan fingerprint density at radius 3 is 2.48 bits per heavy atom. The summed E-state index contributed by atoms with van der Waals surface area (Å²) in [5.74, 6) is -4.41. The first-order valence-electron chi connectivity index (χ1n) is 17.0. The number of imide groups is 1. The normalized spacial score (nSPS) is 16.7. The van der Waals surface area contributed by atoms with E-state index in [0.29, 0.717) is 45.4 Å². The van der Waals surface area contributed by atoms with E-state index in [1.54, 1.807) is 61.6 Å². The standard InChI is InChI=1S/C35H35N11O8S2/c1-18(47)37-14-6-9-24(48)39-22-12-10-20(11-13-22)28-38-15-23(29(49)40-28)30(50)45(31(51)25(36)19-7-4-3-5-8-19)27-32(52)46-26(34(53)54)21(16-55-33(27)46)17-56-35-41-42-43-44(35)2/h3-5,7-8,10-13,15,25,27,33H,6,9,14,16-17,36H2,1-2H3,(H,37,47)(H,39,48)(H,53,54)(H,38,40,49)/t25?,27?,33-/m0/s1. The number of nitrogens with two attached hydrogens (primary N) is 1. The number of H-pyrrole nitrogens is 1. The molecule has 0 bridgehead atoms. The van der Waals surface area contributed by atoms with Gasteiger partial charge in [0.2, 0.25) is 17.0 Å². The molecule has 56 heavy (non-hydrogen) atoms. The van der Waals surface area contributed by atoms with Crippen LogP contribution in [0.1, 0.15) is 41.7 Å². The number of anilines is 1.